The van der Waals surface area contributed by atoms with E-state index in [-0.39, 0.29) is 5.97 Å². The first-order chi connectivity index (χ1) is 10.1. The molecule has 1 aromatic carbocycles. The molecule has 1 rings (SSSR count). The number of imide groups is 1. The third kappa shape index (κ3) is 7.10. The van der Waals surface area contributed by atoms with E-state index in [4.69, 9.17) is 0 Å². The van der Waals surface area contributed by atoms with Gasteiger partial charge in [-0.3, -0.25) is 14.9 Å². The molecule has 0 aromatic heterocycles. The second-order valence-electron chi connectivity index (χ2n) is 4.46. The number of hydrogen-bond acceptors (Lipinski definition) is 4. The smallest absolute Gasteiger partial charge is 0.321 e. The second kappa shape index (κ2) is 9.52. The van der Waals surface area contributed by atoms with Crippen LogP contribution in [0.1, 0.15) is 36.0 Å². The van der Waals surface area contributed by atoms with Crippen LogP contribution in [0.5, 0.6) is 0 Å². The van der Waals surface area contributed by atoms with Gasteiger partial charge >= 0.3 is 12.0 Å². The molecule has 0 unspecified atom stereocenters. The largest absolute Gasteiger partial charge is 0.469 e. The lowest BCUT2D eigenvalue weighted by Crippen LogP contribution is -2.39. The second-order valence-corrected chi connectivity index (χ2v) is 4.46. The fraction of sp³-hybridized carbons (Fsp3) is 0.400. The molecular weight excluding hydrogens is 272 g/mol. The first kappa shape index (κ1) is 16.7. The highest BCUT2D eigenvalue weighted by Gasteiger charge is 2.08. The molecule has 6 nitrogen and oxygen atoms in total. The highest BCUT2D eigenvalue weighted by Crippen LogP contribution is 2.00. The molecule has 0 fully saturated rings. The molecule has 0 aliphatic carbocycles. The first-order valence-electron chi connectivity index (χ1n) is 6.84. The number of nitrogens with one attached hydrogen (secondary N) is 2. The van der Waals surface area contributed by atoms with Crippen molar-refractivity contribution < 1.29 is 19.1 Å². The highest BCUT2D eigenvalue weighted by atomic mass is 16.5. The number of carbonyl (C=O) groups is 3. The van der Waals surface area contributed by atoms with Crippen LogP contribution in [0.2, 0.25) is 0 Å². The van der Waals surface area contributed by atoms with Crippen LogP contribution in [0.15, 0.2) is 30.3 Å². The number of rotatable bonds is 7. The predicted molar refractivity (Wildman–Crippen MR) is 77.8 cm³/mol. The zero-order valence-electron chi connectivity index (χ0n) is 12.1. The first-order valence-corrected chi connectivity index (χ1v) is 6.84. The number of methoxy groups -OCH3 is 1. The van der Waals surface area contributed by atoms with Crippen molar-refractivity contribution in [3.05, 3.63) is 35.9 Å². The van der Waals surface area contributed by atoms with Crippen molar-refractivity contribution in [3.8, 4) is 0 Å². The average Bonchev–Trinajstić information content (AvgIpc) is 2.51. The minimum Gasteiger partial charge on any atom is -0.469 e. The minimum absolute atomic E-state index is 0.228. The summed E-state index contributed by atoms with van der Waals surface area (Å²) in [5, 5.41) is 4.85. The fourth-order valence-electron chi connectivity index (χ4n) is 1.68. The van der Waals surface area contributed by atoms with Crippen LogP contribution in [0, 0.1) is 0 Å². The standard InChI is InChI=1S/C15H20N2O4/c1-21-13(18)10-6-3-7-11-16-15(20)17-14(19)12-8-4-2-5-9-12/h2,4-5,8-9H,3,6-7,10-11H2,1H3,(H2,16,17,19,20). The number of urea groups is 1. The summed E-state index contributed by atoms with van der Waals surface area (Å²) < 4.78 is 4.52. The van der Waals surface area contributed by atoms with Gasteiger partial charge in [0.15, 0.2) is 0 Å². The summed E-state index contributed by atoms with van der Waals surface area (Å²) in [6, 6.07) is 8.01. The van der Waals surface area contributed by atoms with Gasteiger partial charge in [0.1, 0.15) is 0 Å². The van der Waals surface area contributed by atoms with Gasteiger partial charge in [-0.25, -0.2) is 4.79 Å². The quantitative estimate of drug-likeness (QED) is 0.593. The Hall–Kier alpha value is -2.37. The number of hydrogen-bond donors (Lipinski definition) is 2. The van der Waals surface area contributed by atoms with E-state index >= 15 is 0 Å². The summed E-state index contributed by atoms with van der Waals surface area (Å²) in [6.45, 7) is 0.453. The predicted octanol–water partition coefficient (Wildman–Crippen LogP) is 1.86. The van der Waals surface area contributed by atoms with Gasteiger partial charge in [0, 0.05) is 18.5 Å². The Labute approximate surface area is 123 Å². The zero-order valence-corrected chi connectivity index (χ0v) is 12.1. The van der Waals surface area contributed by atoms with Gasteiger partial charge < -0.3 is 10.1 Å². The van der Waals surface area contributed by atoms with E-state index in [1.807, 2.05) is 0 Å². The van der Waals surface area contributed by atoms with Crippen molar-refractivity contribution in [1.29, 1.82) is 0 Å². The molecule has 6 heteroatoms. The van der Waals surface area contributed by atoms with Gasteiger partial charge in [-0.1, -0.05) is 24.6 Å². The van der Waals surface area contributed by atoms with Crippen molar-refractivity contribution in [3.63, 3.8) is 0 Å². The Bertz CT molecular complexity index is 474. The van der Waals surface area contributed by atoms with Gasteiger partial charge in [-0.15, -0.1) is 0 Å². The van der Waals surface area contributed by atoms with E-state index < -0.39 is 11.9 Å². The van der Waals surface area contributed by atoms with Crippen molar-refractivity contribution in [2.45, 2.75) is 25.7 Å². The molecule has 0 saturated heterocycles. The van der Waals surface area contributed by atoms with Gasteiger partial charge in [0.25, 0.3) is 5.91 Å². The van der Waals surface area contributed by atoms with Crippen LogP contribution in [0.3, 0.4) is 0 Å². The van der Waals surface area contributed by atoms with Crippen LogP contribution in [-0.2, 0) is 9.53 Å². The van der Waals surface area contributed by atoms with E-state index in [9.17, 15) is 14.4 Å². The van der Waals surface area contributed by atoms with E-state index in [0.717, 1.165) is 19.3 Å². The molecule has 0 spiro atoms. The van der Waals surface area contributed by atoms with Crippen LogP contribution in [0.4, 0.5) is 4.79 Å². The Morgan fingerprint density at radius 3 is 2.43 bits per heavy atom. The number of unbranched alkanes of at least 4 members (excludes halogenated alkanes) is 2. The molecule has 0 heterocycles. The van der Waals surface area contributed by atoms with Gasteiger partial charge in [-0.05, 0) is 25.0 Å². The van der Waals surface area contributed by atoms with Gasteiger partial charge in [0.2, 0.25) is 0 Å². The summed E-state index contributed by atoms with van der Waals surface area (Å²) in [6.07, 6.45) is 2.65. The molecule has 2 N–H and O–H groups in total. The monoisotopic (exact) mass is 292 g/mol. The lowest BCUT2D eigenvalue weighted by molar-refractivity contribution is -0.140. The topological polar surface area (TPSA) is 84.5 Å². The molecule has 0 atom stereocenters. The molecule has 114 valence electrons. The summed E-state index contributed by atoms with van der Waals surface area (Å²) in [4.78, 5) is 34.0. The summed E-state index contributed by atoms with van der Waals surface area (Å²) >= 11 is 0. The third-order valence-electron chi connectivity index (χ3n) is 2.83. The van der Waals surface area contributed by atoms with Crippen molar-refractivity contribution in [1.82, 2.24) is 10.6 Å². The third-order valence-corrected chi connectivity index (χ3v) is 2.83. The summed E-state index contributed by atoms with van der Waals surface area (Å²) in [5.41, 5.74) is 0.436. The van der Waals surface area contributed by atoms with Gasteiger partial charge in [-0.2, -0.15) is 0 Å². The van der Waals surface area contributed by atoms with Crippen molar-refractivity contribution in [2.75, 3.05) is 13.7 Å². The molecule has 0 bridgehead atoms. The molecule has 0 saturated carbocycles. The Morgan fingerprint density at radius 2 is 1.76 bits per heavy atom. The maximum absolute atomic E-state index is 11.7. The normalized spacial score (nSPS) is 9.76. The number of amides is 3. The number of carbonyl (C=O) groups excluding carboxylic acids is 3. The molecular formula is C15H20N2O4. The van der Waals surface area contributed by atoms with E-state index in [2.05, 4.69) is 15.4 Å². The average molecular weight is 292 g/mol. The Morgan fingerprint density at radius 1 is 1.05 bits per heavy atom. The minimum atomic E-state index is -0.517. The lowest BCUT2D eigenvalue weighted by atomic mass is 10.2. The molecule has 0 radical (unpaired) electrons. The van der Waals surface area contributed by atoms with Crippen molar-refractivity contribution in [2.24, 2.45) is 0 Å². The van der Waals surface area contributed by atoms with E-state index in [1.165, 1.54) is 7.11 Å². The Balaban J connectivity index is 2.12. The summed E-state index contributed by atoms with van der Waals surface area (Å²) in [5.74, 6) is -0.659. The van der Waals surface area contributed by atoms with E-state index in [1.54, 1.807) is 30.3 Å². The molecule has 3 amide bonds. The maximum Gasteiger partial charge on any atom is 0.321 e. The lowest BCUT2D eigenvalue weighted by Gasteiger charge is -2.06. The fourth-order valence-corrected chi connectivity index (χ4v) is 1.68. The number of esters is 1. The number of ether oxygens (including phenoxy) is 1. The van der Waals surface area contributed by atoms with E-state index in [0.29, 0.717) is 18.5 Å². The number of benzene rings is 1. The van der Waals surface area contributed by atoms with Crippen LogP contribution in [0.25, 0.3) is 0 Å². The molecule has 0 aliphatic rings. The maximum atomic E-state index is 11.7. The van der Waals surface area contributed by atoms with Crippen molar-refractivity contribution >= 4 is 17.9 Å². The zero-order chi connectivity index (χ0) is 15.5. The molecule has 1 aromatic rings. The SMILES string of the molecule is COC(=O)CCCCCNC(=O)NC(=O)c1ccccc1. The molecule has 0 aliphatic heterocycles. The Kier molecular flexibility index (Phi) is 7.56. The van der Waals surface area contributed by atoms with Crippen LogP contribution in [-0.4, -0.2) is 31.6 Å². The molecule has 21 heavy (non-hydrogen) atoms. The van der Waals surface area contributed by atoms with Crippen LogP contribution >= 0.6 is 0 Å². The summed E-state index contributed by atoms with van der Waals surface area (Å²) in [7, 11) is 1.36. The van der Waals surface area contributed by atoms with Crippen LogP contribution < -0.4 is 10.6 Å². The highest BCUT2D eigenvalue weighted by molar-refractivity contribution is 6.04. The van der Waals surface area contributed by atoms with Gasteiger partial charge in [0.05, 0.1) is 7.11 Å².